The van der Waals surface area contributed by atoms with Crippen LogP contribution in [-0.2, 0) is 0 Å². The molecule has 0 amide bonds. The number of nitrogens with zero attached hydrogens (tertiary/aromatic N) is 2. The zero-order valence-corrected chi connectivity index (χ0v) is 9.43. The SMILES string of the molecule is Nc1c(Br)cccc1-c1nc(C(=O)O)no1. The highest BCUT2D eigenvalue weighted by atomic mass is 79.9. The Labute approximate surface area is 98.2 Å². The van der Waals surface area contributed by atoms with E-state index >= 15 is 0 Å². The summed E-state index contributed by atoms with van der Waals surface area (Å²) in [5.41, 5.74) is 6.69. The van der Waals surface area contributed by atoms with E-state index in [1.54, 1.807) is 18.2 Å². The summed E-state index contributed by atoms with van der Waals surface area (Å²) in [6, 6.07) is 5.16. The fraction of sp³-hybridized carbons (Fsp3) is 0. The maximum atomic E-state index is 10.6. The van der Waals surface area contributed by atoms with Gasteiger partial charge in [-0.3, -0.25) is 0 Å². The quantitative estimate of drug-likeness (QED) is 0.815. The van der Waals surface area contributed by atoms with E-state index in [1.807, 2.05) is 0 Å². The number of hydrogen-bond acceptors (Lipinski definition) is 5. The standard InChI is InChI=1S/C9H6BrN3O3/c10-5-3-1-2-4(6(5)11)8-12-7(9(14)15)13-16-8/h1-3H,11H2,(H,14,15). The van der Waals surface area contributed by atoms with Crippen LogP contribution >= 0.6 is 15.9 Å². The molecule has 0 saturated heterocycles. The summed E-state index contributed by atoms with van der Waals surface area (Å²) in [7, 11) is 0. The monoisotopic (exact) mass is 283 g/mol. The lowest BCUT2D eigenvalue weighted by molar-refractivity contribution is 0.0680. The molecule has 7 heteroatoms. The molecular weight excluding hydrogens is 278 g/mol. The molecular formula is C9H6BrN3O3. The van der Waals surface area contributed by atoms with Crippen molar-refractivity contribution in [2.45, 2.75) is 0 Å². The maximum Gasteiger partial charge on any atom is 0.377 e. The van der Waals surface area contributed by atoms with E-state index in [2.05, 4.69) is 26.1 Å². The Morgan fingerprint density at radius 2 is 2.25 bits per heavy atom. The van der Waals surface area contributed by atoms with E-state index in [4.69, 9.17) is 15.4 Å². The first kappa shape index (κ1) is 10.6. The number of carboxylic acids is 1. The lowest BCUT2D eigenvalue weighted by atomic mass is 10.2. The van der Waals surface area contributed by atoms with Crippen molar-refractivity contribution < 1.29 is 14.4 Å². The first-order valence-electron chi connectivity index (χ1n) is 4.21. The molecule has 2 aromatic rings. The van der Waals surface area contributed by atoms with Gasteiger partial charge in [-0.2, -0.15) is 4.98 Å². The Morgan fingerprint density at radius 3 is 2.88 bits per heavy atom. The molecule has 0 unspecified atom stereocenters. The van der Waals surface area contributed by atoms with E-state index < -0.39 is 11.8 Å². The molecule has 0 aliphatic heterocycles. The lowest BCUT2D eigenvalue weighted by Crippen LogP contribution is -1.98. The summed E-state index contributed by atoms with van der Waals surface area (Å²) in [4.78, 5) is 14.3. The minimum atomic E-state index is -1.25. The van der Waals surface area contributed by atoms with Crippen LogP contribution in [0.3, 0.4) is 0 Å². The van der Waals surface area contributed by atoms with Crippen LogP contribution in [-0.4, -0.2) is 21.2 Å². The number of anilines is 1. The van der Waals surface area contributed by atoms with Crippen molar-refractivity contribution in [1.82, 2.24) is 10.1 Å². The number of nitrogen functional groups attached to an aromatic ring is 1. The molecule has 16 heavy (non-hydrogen) atoms. The van der Waals surface area contributed by atoms with E-state index in [-0.39, 0.29) is 5.89 Å². The van der Waals surface area contributed by atoms with Crippen molar-refractivity contribution in [2.75, 3.05) is 5.73 Å². The maximum absolute atomic E-state index is 10.6. The predicted molar refractivity (Wildman–Crippen MR) is 58.8 cm³/mol. The second-order valence-electron chi connectivity index (χ2n) is 2.93. The van der Waals surface area contributed by atoms with Gasteiger partial charge in [0.2, 0.25) is 0 Å². The zero-order valence-electron chi connectivity index (χ0n) is 7.85. The number of rotatable bonds is 2. The van der Waals surface area contributed by atoms with Gasteiger partial charge in [-0.1, -0.05) is 6.07 Å². The number of hydrogen-bond donors (Lipinski definition) is 2. The van der Waals surface area contributed by atoms with Crippen molar-refractivity contribution in [1.29, 1.82) is 0 Å². The molecule has 6 nitrogen and oxygen atoms in total. The molecule has 1 aromatic carbocycles. The number of para-hydroxylation sites is 1. The van der Waals surface area contributed by atoms with Crippen molar-refractivity contribution >= 4 is 27.6 Å². The zero-order chi connectivity index (χ0) is 11.7. The molecule has 0 bridgehead atoms. The second-order valence-corrected chi connectivity index (χ2v) is 3.78. The van der Waals surface area contributed by atoms with Crippen molar-refractivity contribution in [3.63, 3.8) is 0 Å². The van der Waals surface area contributed by atoms with E-state index in [9.17, 15) is 4.79 Å². The summed E-state index contributed by atoms with van der Waals surface area (Å²) in [5.74, 6) is -1.56. The first-order valence-corrected chi connectivity index (χ1v) is 5.00. The summed E-state index contributed by atoms with van der Waals surface area (Å²) in [6.07, 6.45) is 0. The summed E-state index contributed by atoms with van der Waals surface area (Å²) in [5, 5.41) is 11.9. The molecule has 1 heterocycles. The first-order chi connectivity index (χ1) is 7.59. The molecule has 1 aromatic heterocycles. The summed E-state index contributed by atoms with van der Waals surface area (Å²) < 4.78 is 5.49. The largest absolute Gasteiger partial charge is 0.475 e. The third-order valence-electron chi connectivity index (χ3n) is 1.90. The average molecular weight is 284 g/mol. The van der Waals surface area contributed by atoms with Gasteiger partial charge < -0.3 is 15.4 Å². The number of nitrogens with two attached hydrogens (primary N) is 1. The van der Waals surface area contributed by atoms with E-state index in [1.165, 1.54) is 0 Å². The van der Waals surface area contributed by atoms with Crippen LogP contribution in [0.2, 0.25) is 0 Å². The van der Waals surface area contributed by atoms with Gasteiger partial charge in [0.15, 0.2) is 0 Å². The van der Waals surface area contributed by atoms with Gasteiger partial charge in [0.1, 0.15) is 0 Å². The van der Waals surface area contributed by atoms with Gasteiger partial charge in [0.05, 0.1) is 11.3 Å². The normalized spacial score (nSPS) is 10.3. The highest BCUT2D eigenvalue weighted by Gasteiger charge is 2.16. The van der Waals surface area contributed by atoms with Crippen LogP contribution in [0.4, 0.5) is 5.69 Å². The van der Waals surface area contributed by atoms with Crippen LogP contribution in [0.1, 0.15) is 10.6 Å². The van der Waals surface area contributed by atoms with E-state index in [0.29, 0.717) is 15.7 Å². The topological polar surface area (TPSA) is 102 Å². The molecule has 2 rings (SSSR count). The average Bonchev–Trinajstić information content (AvgIpc) is 2.71. The number of halogens is 1. The van der Waals surface area contributed by atoms with Crippen LogP contribution in [0.5, 0.6) is 0 Å². The molecule has 0 spiro atoms. The molecule has 0 aliphatic carbocycles. The predicted octanol–water partition coefficient (Wildman–Crippen LogP) is 1.78. The third-order valence-corrected chi connectivity index (χ3v) is 2.59. The summed E-state index contributed by atoms with van der Waals surface area (Å²) >= 11 is 3.25. The third kappa shape index (κ3) is 1.76. The smallest absolute Gasteiger partial charge is 0.377 e. The van der Waals surface area contributed by atoms with Gasteiger partial charge in [-0.05, 0) is 33.2 Å². The lowest BCUT2D eigenvalue weighted by Gasteiger charge is -2.01. The Morgan fingerprint density at radius 1 is 1.50 bits per heavy atom. The molecule has 82 valence electrons. The van der Waals surface area contributed by atoms with Gasteiger partial charge in [0, 0.05) is 4.47 Å². The minimum absolute atomic E-state index is 0.0798. The number of benzene rings is 1. The molecule has 0 fully saturated rings. The van der Waals surface area contributed by atoms with Gasteiger partial charge in [0.25, 0.3) is 11.7 Å². The molecule has 0 radical (unpaired) electrons. The highest BCUT2D eigenvalue weighted by Crippen LogP contribution is 2.30. The molecule has 0 aliphatic rings. The Hall–Kier alpha value is -1.89. The number of carbonyl (C=O) groups is 1. The minimum Gasteiger partial charge on any atom is -0.475 e. The Kier molecular flexibility index (Phi) is 2.61. The highest BCUT2D eigenvalue weighted by molar-refractivity contribution is 9.10. The second kappa shape index (κ2) is 3.93. The van der Waals surface area contributed by atoms with Crippen molar-refractivity contribution in [3.8, 4) is 11.5 Å². The fourth-order valence-corrected chi connectivity index (χ4v) is 1.51. The van der Waals surface area contributed by atoms with E-state index in [0.717, 1.165) is 0 Å². The van der Waals surface area contributed by atoms with Gasteiger partial charge in [-0.25, -0.2) is 4.79 Å². The molecule has 0 saturated carbocycles. The van der Waals surface area contributed by atoms with Gasteiger partial charge >= 0.3 is 5.97 Å². The van der Waals surface area contributed by atoms with Gasteiger partial charge in [-0.15, -0.1) is 0 Å². The van der Waals surface area contributed by atoms with Crippen molar-refractivity contribution in [2.24, 2.45) is 0 Å². The van der Waals surface area contributed by atoms with Crippen LogP contribution in [0, 0.1) is 0 Å². The number of carboxylic acid groups (broad SMARTS) is 1. The van der Waals surface area contributed by atoms with Crippen LogP contribution in [0.25, 0.3) is 11.5 Å². The fourth-order valence-electron chi connectivity index (χ4n) is 1.14. The number of aromatic nitrogens is 2. The molecule has 0 atom stereocenters. The Bertz CT molecular complexity index is 553. The Balaban J connectivity index is 2.50. The number of aromatic carboxylic acids is 1. The van der Waals surface area contributed by atoms with Crippen molar-refractivity contribution in [3.05, 3.63) is 28.5 Å². The summed E-state index contributed by atoms with van der Waals surface area (Å²) in [6.45, 7) is 0. The molecule has 3 N–H and O–H groups in total. The van der Waals surface area contributed by atoms with Crippen LogP contribution in [0.15, 0.2) is 27.2 Å². The van der Waals surface area contributed by atoms with Crippen LogP contribution < -0.4 is 5.73 Å².